The molecule has 1 unspecified atom stereocenters. The van der Waals surface area contributed by atoms with Crippen molar-refractivity contribution in [1.82, 2.24) is 15.1 Å². The lowest BCUT2D eigenvalue weighted by Gasteiger charge is -2.12. The molecule has 7 heteroatoms. The average molecular weight is 388 g/mol. The molecule has 1 aliphatic carbocycles. The third-order valence-electron chi connectivity index (χ3n) is 5.32. The SMILES string of the molecule is O=C(NCCCc1ccccc1)c1cc(C2CC2)n(C2CCS(=O)(=O)C2)n1. The lowest BCUT2D eigenvalue weighted by Crippen LogP contribution is -2.25. The molecule has 144 valence electrons. The Balaban J connectivity index is 1.38. The molecule has 2 aromatic rings. The van der Waals surface area contributed by atoms with Crippen LogP contribution in [0.1, 0.15) is 59.4 Å². The number of benzene rings is 1. The van der Waals surface area contributed by atoms with Gasteiger partial charge in [0.25, 0.3) is 5.91 Å². The molecule has 4 rings (SSSR count). The summed E-state index contributed by atoms with van der Waals surface area (Å²) in [6.45, 7) is 0.594. The molecule has 1 aromatic heterocycles. The number of hydrogen-bond acceptors (Lipinski definition) is 4. The van der Waals surface area contributed by atoms with E-state index in [4.69, 9.17) is 0 Å². The molecule has 1 amide bonds. The van der Waals surface area contributed by atoms with Crippen LogP contribution in [0.4, 0.5) is 0 Å². The number of aryl methyl sites for hydroxylation is 1. The van der Waals surface area contributed by atoms with Gasteiger partial charge >= 0.3 is 0 Å². The summed E-state index contributed by atoms with van der Waals surface area (Å²) >= 11 is 0. The van der Waals surface area contributed by atoms with E-state index in [1.165, 1.54) is 5.56 Å². The maximum Gasteiger partial charge on any atom is 0.271 e. The molecule has 6 nitrogen and oxygen atoms in total. The fourth-order valence-electron chi connectivity index (χ4n) is 3.69. The maximum atomic E-state index is 12.5. The van der Waals surface area contributed by atoms with E-state index in [-0.39, 0.29) is 23.5 Å². The zero-order valence-electron chi connectivity index (χ0n) is 15.3. The third kappa shape index (κ3) is 4.40. The van der Waals surface area contributed by atoms with Crippen molar-refractivity contribution in [3.05, 3.63) is 53.3 Å². The molecule has 27 heavy (non-hydrogen) atoms. The highest BCUT2D eigenvalue weighted by atomic mass is 32.2. The fraction of sp³-hybridized carbons (Fsp3) is 0.500. The summed E-state index contributed by atoms with van der Waals surface area (Å²) < 4.78 is 25.5. The zero-order chi connectivity index (χ0) is 18.9. The number of carbonyl (C=O) groups excluding carboxylic acids is 1. The molecule has 2 heterocycles. The predicted octanol–water partition coefficient (Wildman–Crippen LogP) is 2.48. The van der Waals surface area contributed by atoms with E-state index in [1.807, 2.05) is 28.9 Å². The first kappa shape index (κ1) is 18.2. The Morgan fingerprint density at radius 2 is 1.96 bits per heavy atom. The molecule has 1 saturated carbocycles. The van der Waals surface area contributed by atoms with E-state index in [1.54, 1.807) is 0 Å². The Labute approximate surface area is 159 Å². The topological polar surface area (TPSA) is 81.1 Å². The number of nitrogens with one attached hydrogen (secondary N) is 1. The molecule has 1 N–H and O–H groups in total. The summed E-state index contributed by atoms with van der Waals surface area (Å²) in [5.41, 5.74) is 2.68. The summed E-state index contributed by atoms with van der Waals surface area (Å²) in [5, 5.41) is 7.44. The van der Waals surface area contributed by atoms with Crippen molar-refractivity contribution in [2.24, 2.45) is 0 Å². The lowest BCUT2D eigenvalue weighted by molar-refractivity contribution is 0.0947. The molecule has 0 radical (unpaired) electrons. The quantitative estimate of drug-likeness (QED) is 0.740. The van der Waals surface area contributed by atoms with E-state index in [2.05, 4.69) is 22.5 Å². The molecular formula is C20H25N3O3S. The van der Waals surface area contributed by atoms with Gasteiger partial charge in [0.15, 0.2) is 9.84 Å². The van der Waals surface area contributed by atoms with Gasteiger partial charge in [-0.3, -0.25) is 9.48 Å². The van der Waals surface area contributed by atoms with Crippen LogP contribution < -0.4 is 5.32 Å². The Kier molecular flexibility index (Phi) is 5.04. The Hall–Kier alpha value is -2.15. The number of hydrogen-bond donors (Lipinski definition) is 1. The van der Waals surface area contributed by atoms with Gasteiger partial charge in [0, 0.05) is 18.2 Å². The van der Waals surface area contributed by atoms with E-state index < -0.39 is 9.84 Å². The van der Waals surface area contributed by atoms with Crippen molar-refractivity contribution in [1.29, 1.82) is 0 Å². The molecule has 1 aromatic carbocycles. The zero-order valence-corrected chi connectivity index (χ0v) is 16.1. The number of carbonyl (C=O) groups is 1. The van der Waals surface area contributed by atoms with Gasteiger partial charge in [0.2, 0.25) is 0 Å². The van der Waals surface area contributed by atoms with Gasteiger partial charge in [0.1, 0.15) is 5.69 Å². The van der Waals surface area contributed by atoms with Gasteiger partial charge in [-0.1, -0.05) is 30.3 Å². The van der Waals surface area contributed by atoms with E-state index in [9.17, 15) is 13.2 Å². The van der Waals surface area contributed by atoms with Crippen LogP contribution in [0.3, 0.4) is 0 Å². The fourth-order valence-corrected chi connectivity index (χ4v) is 5.39. The standard InChI is InChI=1S/C20H25N3O3S/c24-20(21-11-4-7-15-5-2-1-3-6-15)18-13-19(16-8-9-16)23(22-18)17-10-12-27(25,26)14-17/h1-3,5-6,13,16-17H,4,7-12,14H2,(H,21,24). The number of nitrogens with zero attached hydrogens (tertiary/aromatic N) is 2. The number of sulfone groups is 1. The highest BCUT2D eigenvalue weighted by Gasteiger charge is 2.36. The number of aromatic nitrogens is 2. The van der Waals surface area contributed by atoms with E-state index in [0.717, 1.165) is 31.4 Å². The summed E-state index contributed by atoms with van der Waals surface area (Å²) in [4.78, 5) is 12.5. The van der Waals surface area contributed by atoms with Crippen LogP contribution in [-0.2, 0) is 16.3 Å². The minimum atomic E-state index is -2.98. The van der Waals surface area contributed by atoms with Gasteiger partial charge in [-0.2, -0.15) is 5.10 Å². The molecule has 2 aliphatic rings. The first-order valence-corrected chi connectivity index (χ1v) is 11.5. The van der Waals surface area contributed by atoms with Crippen molar-refractivity contribution in [3.63, 3.8) is 0 Å². The average Bonchev–Trinajstić information content (AvgIpc) is 3.30. The van der Waals surface area contributed by atoms with Gasteiger partial charge in [-0.05, 0) is 43.7 Å². The summed E-state index contributed by atoms with van der Waals surface area (Å²) in [7, 11) is -2.98. The molecule has 0 bridgehead atoms. The highest BCUT2D eigenvalue weighted by Crippen LogP contribution is 2.42. The van der Waals surface area contributed by atoms with Crippen molar-refractivity contribution in [2.45, 2.75) is 44.1 Å². The maximum absolute atomic E-state index is 12.5. The van der Waals surface area contributed by atoms with E-state index >= 15 is 0 Å². The molecular weight excluding hydrogens is 362 g/mol. The third-order valence-corrected chi connectivity index (χ3v) is 7.07. The lowest BCUT2D eigenvalue weighted by atomic mass is 10.1. The van der Waals surface area contributed by atoms with Crippen LogP contribution in [0.2, 0.25) is 0 Å². The first-order valence-electron chi connectivity index (χ1n) is 9.64. The second kappa shape index (κ2) is 7.46. The van der Waals surface area contributed by atoms with Crippen LogP contribution in [0, 0.1) is 0 Å². The summed E-state index contributed by atoms with van der Waals surface area (Å²) in [6.07, 6.45) is 4.55. The van der Waals surface area contributed by atoms with Crippen LogP contribution in [0.25, 0.3) is 0 Å². The van der Waals surface area contributed by atoms with Gasteiger partial charge in [-0.25, -0.2) is 8.42 Å². The van der Waals surface area contributed by atoms with E-state index in [0.29, 0.717) is 24.6 Å². The normalized spacial score (nSPS) is 21.3. The molecule has 1 saturated heterocycles. The summed E-state index contributed by atoms with van der Waals surface area (Å²) in [6, 6.07) is 11.9. The Morgan fingerprint density at radius 1 is 1.19 bits per heavy atom. The molecule has 0 spiro atoms. The second-order valence-corrected chi connectivity index (χ2v) is 9.80. The van der Waals surface area contributed by atoms with Gasteiger partial charge < -0.3 is 5.32 Å². The molecule has 1 atom stereocenters. The highest BCUT2D eigenvalue weighted by molar-refractivity contribution is 7.91. The minimum Gasteiger partial charge on any atom is -0.351 e. The van der Waals surface area contributed by atoms with Gasteiger partial charge in [0.05, 0.1) is 17.5 Å². The Morgan fingerprint density at radius 3 is 2.63 bits per heavy atom. The van der Waals surface area contributed by atoms with Crippen LogP contribution >= 0.6 is 0 Å². The number of amides is 1. The van der Waals surface area contributed by atoms with Crippen molar-refractivity contribution in [2.75, 3.05) is 18.1 Å². The van der Waals surface area contributed by atoms with Crippen molar-refractivity contribution >= 4 is 15.7 Å². The van der Waals surface area contributed by atoms with Crippen LogP contribution in [0.5, 0.6) is 0 Å². The monoisotopic (exact) mass is 387 g/mol. The van der Waals surface area contributed by atoms with Crippen LogP contribution in [-0.4, -0.2) is 42.2 Å². The van der Waals surface area contributed by atoms with Crippen molar-refractivity contribution in [3.8, 4) is 0 Å². The molecule has 1 aliphatic heterocycles. The Bertz CT molecular complexity index is 917. The molecule has 2 fully saturated rings. The van der Waals surface area contributed by atoms with Crippen LogP contribution in [0.15, 0.2) is 36.4 Å². The number of rotatable bonds is 7. The largest absolute Gasteiger partial charge is 0.351 e. The van der Waals surface area contributed by atoms with Crippen molar-refractivity contribution < 1.29 is 13.2 Å². The summed E-state index contributed by atoms with van der Waals surface area (Å²) in [5.74, 6) is 0.583. The second-order valence-electron chi connectivity index (χ2n) is 7.58. The smallest absolute Gasteiger partial charge is 0.271 e. The van der Waals surface area contributed by atoms with Gasteiger partial charge in [-0.15, -0.1) is 0 Å². The first-order chi connectivity index (χ1) is 13.0. The predicted molar refractivity (Wildman–Crippen MR) is 104 cm³/mol. The minimum absolute atomic E-state index is 0.131.